The molecule has 0 amide bonds. The van der Waals surface area contributed by atoms with Crippen LogP contribution in [-0.2, 0) is 6.54 Å². The molecule has 3 heterocycles. The third-order valence-corrected chi connectivity index (χ3v) is 5.27. The lowest BCUT2D eigenvalue weighted by Crippen LogP contribution is -2.22. The summed E-state index contributed by atoms with van der Waals surface area (Å²) in [6.45, 7) is 5.33. The molecule has 0 spiro atoms. The number of rotatable bonds is 7. The summed E-state index contributed by atoms with van der Waals surface area (Å²) in [6.07, 6.45) is 1.25. The fraction of sp³-hybridized carbons (Fsp3) is 0.364. The van der Waals surface area contributed by atoms with Crippen molar-refractivity contribution in [1.82, 2.24) is 24.1 Å². The van der Waals surface area contributed by atoms with Crippen molar-refractivity contribution in [3.8, 4) is 23.1 Å². The second kappa shape index (κ2) is 8.07. The van der Waals surface area contributed by atoms with Crippen LogP contribution in [-0.4, -0.2) is 44.5 Å². The maximum atomic E-state index is 15.1. The first-order valence-corrected chi connectivity index (χ1v) is 10.1. The van der Waals surface area contributed by atoms with Crippen LogP contribution in [0.2, 0.25) is 0 Å². The van der Waals surface area contributed by atoms with Gasteiger partial charge in [-0.3, -0.25) is 0 Å². The number of nitriles is 1. The minimum Gasteiger partial charge on any atom is -0.479 e. The number of nitrogens with one attached hydrogen (secondary N) is 1. The van der Waals surface area contributed by atoms with Crippen LogP contribution < -0.4 is 10.1 Å². The van der Waals surface area contributed by atoms with Gasteiger partial charge in [0.15, 0.2) is 5.82 Å². The van der Waals surface area contributed by atoms with E-state index < -0.39 is 17.9 Å². The summed E-state index contributed by atoms with van der Waals surface area (Å²) in [5.74, 6) is 0.588. The zero-order valence-electron chi connectivity index (χ0n) is 18.3. The third kappa shape index (κ3) is 3.70. The van der Waals surface area contributed by atoms with E-state index in [-0.39, 0.29) is 23.9 Å². The molecule has 1 aromatic carbocycles. The summed E-state index contributed by atoms with van der Waals surface area (Å²) in [7, 11) is 1.45. The lowest BCUT2D eigenvalue weighted by Gasteiger charge is -2.16. The highest BCUT2D eigenvalue weighted by Crippen LogP contribution is 2.35. The average molecular weight is 439 g/mol. The van der Waals surface area contributed by atoms with Crippen molar-refractivity contribution < 1.29 is 13.5 Å². The van der Waals surface area contributed by atoms with Crippen molar-refractivity contribution in [2.45, 2.75) is 27.3 Å². The Bertz CT molecular complexity index is 1350. The standard InChI is InChI=1S/C22H23F2N7O/c1-13-27-16-6-5-14(9-17(16)30(13)8-7-23)18-15(24)10-31-19(18)20(32-4)28-21(29-31)26-12-22(2,3)11-25/h5-6,9-10H,7-8,12H2,1-4H3,(H,26,29). The van der Waals surface area contributed by atoms with Crippen molar-refractivity contribution >= 4 is 22.5 Å². The number of fused-ring (bicyclic) bond motifs is 2. The van der Waals surface area contributed by atoms with Crippen molar-refractivity contribution in [3.63, 3.8) is 0 Å². The molecule has 0 bridgehead atoms. The maximum absolute atomic E-state index is 15.1. The minimum absolute atomic E-state index is 0.172. The molecule has 4 aromatic rings. The van der Waals surface area contributed by atoms with Crippen LogP contribution in [0, 0.1) is 29.5 Å². The monoisotopic (exact) mass is 439 g/mol. The van der Waals surface area contributed by atoms with Gasteiger partial charge in [-0.05, 0) is 38.5 Å². The van der Waals surface area contributed by atoms with Crippen LogP contribution in [0.5, 0.6) is 5.88 Å². The second-order valence-corrected chi connectivity index (χ2v) is 8.14. The van der Waals surface area contributed by atoms with Crippen LogP contribution in [0.25, 0.3) is 27.7 Å². The number of aryl methyl sites for hydroxylation is 2. The van der Waals surface area contributed by atoms with E-state index in [0.717, 1.165) is 0 Å². The number of halogens is 2. The SMILES string of the molecule is COc1nc(NCC(C)(C)C#N)nn2cc(F)c(-c3ccc4nc(C)n(CCF)c4c3)c12. The Morgan fingerprint density at radius 3 is 2.75 bits per heavy atom. The first kappa shape index (κ1) is 21.5. The van der Waals surface area contributed by atoms with Crippen molar-refractivity contribution in [1.29, 1.82) is 5.26 Å². The lowest BCUT2D eigenvalue weighted by molar-refractivity contribution is 0.399. The smallest absolute Gasteiger partial charge is 0.244 e. The van der Waals surface area contributed by atoms with Gasteiger partial charge in [0.1, 0.15) is 18.0 Å². The van der Waals surface area contributed by atoms with Gasteiger partial charge in [0.25, 0.3) is 0 Å². The van der Waals surface area contributed by atoms with E-state index >= 15 is 4.39 Å². The van der Waals surface area contributed by atoms with E-state index in [4.69, 9.17) is 4.74 Å². The Morgan fingerprint density at radius 1 is 1.28 bits per heavy atom. The average Bonchev–Trinajstić information content (AvgIpc) is 3.27. The minimum atomic E-state index is -0.630. The molecule has 1 N–H and O–H groups in total. The maximum Gasteiger partial charge on any atom is 0.244 e. The summed E-state index contributed by atoms with van der Waals surface area (Å²) in [5.41, 5.74) is 2.01. The quantitative estimate of drug-likeness (QED) is 0.465. The first-order valence-electron chi connectivity index (χ1n) is 10.1. The molecule has 0 aliphatic rings. The summed E-state index contributed by atoms with van der Waals surface area (Å²) in [4.78, 5) is 8.81. The van der Waals surface area contributed by atoms with Crippen LogP contribution in [0.3, 0.4) is 0 Å². The molecule has 166 valence electrons. The number of imidazole rings is 1. The lowest BCUT2D eigenvalue weighted by atomic mass is 9.96. The van der Waals surface area contributed by atoms with Gasteiger partial charge in [-0.1, -0.05) is 6.07 Å². The largest absolute Gasteiger partial charge is 0.479 e. The predicted octanol–water partition coefficient (Wildman–Crippen LogP) is 4.13. The number of anilines is 1. The Balaban J connectivity index is 1.84. The number of hydrogen-bond acceptors (Lipinski definition) is 6. The number of nitrogens with zero attached hydrogens (tertiary/aromatic N) is 6. The molecule has 0 saturated heterocycles. The molecule has 10 heteroatoms. The van der Waals surface area contributed by atoms with E-state index in [1.165, 1.54) is 17.8 Å². The van der Waals surface area contributed by atoms with E-state index in [9.17, 15) is 9.65 Å². The van der Waals surface area contributed by atoms with E-state index in [1.54, 1.807) is 36.6 Å². The molecule has 8 nitrogen and oxygen atoms in total. The Labute approximate surface area is 183 Å². The van der Waals surface area contributed by atoms with E-state index in [0.29, 0.717) is 34.5 Å². The summed E-state index contributed by atoms with van der Waals surface area (Å²) < 4.78 is 36.7. The van der Waals surface area contributed by atoms with E-state index in [1.807, 2.05) is 6.92 Å². The van der Waals surface area contributed by atoms with Gasteiger partial charge in [-0.15, -0.1) is 5.10 Å². The van der Waals surface area contributed by atoms with Crippen molar-refractivity contribution in [3.05, 3.63) is 36.0 Å². The number of methoxy groups -OCH3 is 1. The van der Waals surface area contributed by atoms with Gasteiger partial charge in [0, 0.05) is 6.54 Å². The molecule has 3 aromatic heterocycles. The highest BCUT2D eigenvalue weighted by Gasteiger charge is 2.22. The highest BCUT2D eigenvalue weighted by molar-refractivity contribution is 5.90. The van der Waals surface area contributed by atoms with Gasteiger partial charge < -0.3 is 14.6 Å². The zero-order chi connectivity index (χ0) is 23.0. The molecule has 0 unspecified atom stereocenters. The van der Waals surface area contributed by atoms with Gasteiger partial charge in [-0.2, -0.15) is 10.2 Å². The molecule has 0 aliphatic carbocycles. The van der Waals surface area contributed by atoms with Gasteiger partial charge >= 0.3 is 0 Å². The molecule has 0 radical (unpaired) electrons. The van der Waals surface area contributed by atoms with Crippen LogP contribution in [0.1, 0.15) is 19.7 Å². The molecule has 0 aliphatic heterocycles. The fourth-order valence-corrected chi connectivity index (χ4v) is 3.62. The number of ether oxygens (including phenoxy) is 1. The fourth-order valence-electron chi connectivity index (χ4n) is 3.62. The molecular formula is C22H23F2N7O. The highest BCUT2D eigenvalue weighted by atomic mass is 19.1. The Morgan fingerprint density at radius 2 is 2.06 bits per heavy atom. The van der Waals surface area contributed by atoms with Crippen LogP contribution >= 0.6 is 0 Å². The molecule has 0 fully saturated rings. The zero-order valence-corrected chi connectivity index (χ0v) is 18.3. The number of benzene rings is 1. The molecule has 0 atom stereocenters. The topological polar surface area (TPSA) is 93.1 Å². The summed E-state index contributed by atoms with van der Waals surface area (Å²) >= 11 is 0. The Kier molecular flexibility index (Phi) is 5.42. The predicted molar refractivity (Wildman–Crippen MR) is 117 cm³/mol. The number of aromatic nitrogens is 5. The molecule has 32 heavy (non-hydrogen) atoms. The van der Waals surface area contributed by atoms with Gasteiger partial charge in [0.05, 0.1) is 47.9 Å². The van der Waals surface area contributed by atoms with Gasteiger partial charge in [-0.25, -0.2) is 18.3 Å². The van der Waals surface area contributed by atoms with Crippen LogP contribution in [0.15, 0.2) is 24.4 Å². The normalized spacial score (nSPS) is 11.8. The van der Waals surface area contributed by atoms with Gasteiger partial charge in [0.2, 0.25) is 11.8 Å². The second-order valence-electron chi connectivity index (χ2n) is 8.14. The third-order valence-electron chi connectivity index (χ3n) is 5.27. The van der Waals surface area contributed by atoms with Crippen molar-refractivity contribution in [2.75, 3.05) is 25.6 Å². The van der Waals surface area contributed by atoms with Crippen molar-refractivity contribution in [2.24, 2.45) is 5.41 Å². The first-order chi connectivity index (χ1) is 15.3. The summed E-state index contributed by atoms with van der Waals surface area (Å²) in [5, 5.41) is 16.5. The molecule has 0 saturated carbocycles. The molecule has 4 rings (SSSR count). The summed E-state index contributed by atoms with van der Waals surface area (Å²) in [6, 6.07) is 7.52. The molecular weight excluding hydrogens is 416 g/mol. The van der Waals surface area contributed by atoms with Crippen LogP contribution in [0.4, 0.5) is 14.7 Å². The van der Waals surface area contributed by atoms with E-state index in [2.05, 4.69) is 26.5 Å². The number of hydrogen-bond donors (Lipinski definition) is 1. The Hall–Kier alpha value is -3.74. The number of alkyl halides is 1.